The van der Waals surface area contributed by atoms with Gasteiger partial charge in [-0.25, -0.2) is 0 Å². The van der Waals surface area contributed by atoms with Gasteiger partial charge in [-0.15, -0.1) is 0 Å². The number of hydrogen-bond acceptors (Lipinski definition) is 2. The zero-order valence-corrected chi connectivity index (χ0v) is 10.4. The van der Waals surface area contributed by atoms with E-state index >= 15 is 0 Å². The number of nitrogens with zero attached hydrogens (tertiary/aromatic N) is 1. The first-order chi connectivity index (χ1) is 8.84. The van der Waals surface area contributed by atoms with Gasteiger partial charge in [-0.2, -0.15) is 5.10 Å². The van der Waals surface area contributed by atoms with Crippen LogP contribution in [0.2, 0.25) is 0 Å². The van der Waals surface area contributed by atoms with E-state index in [1.165, 1.54) is 5.56 Å². The Bertz CT molecular complexity index is 528. The fourth-order valence-electron chi connectivity index (χ4n) is 1.57. The highest BCUT2D eigenvalue weighted by Gasteiger charge is 1.88. The molecule has 0 bridgehead atoms. The molecular weight excluding hydrogens is 220 g/mol. The Morgan fingerprint density at radius 1 is 0.944 bits per heavy atom. The van der Waals surface area contributed by atoms with Crippen LogP contribution in [0.4, 0.5) is 5.69 Å². The lowest BCUT2D eigenvalue weighted by atomic mass is 10.1. The fraction of sp³-hybridized carbons (Fsp3) is 0.0625. The number of hydrazone groups is 1. The van der Waals surface area contributed by atoms with E-state index in [4.69, 9.17) is 0 Å². The highest BCUT2D eigenvalue weighted by molar-refractivity contribution is 5.85. The smallest absolute Gasteiger partial charge is 0.0561 e. The van der Waals surface area contributed by atoms with Crippen molar-refractivity contribution >= 4 is 18.0 Å². The van der Waals surface area contributed by atoms with Crippen LogP contribution in [-0.4, -0.2) is 6.21 Å². The van der Waals surface area contributed by atoms with E-state index in [9.17, 15) is 0 Å². The van der Waals surface area contributed by atoms with E-state index in [0.717, 1.165) is 11.3 Å². The second-order valence-corrected chi connectivity index (χ2v) is 4.04. The minimum absolute atomic E-state index is 0.987. The van der Waals surface area contributed by atoms with Crippen molar-refractivity contribution in [3.63, 3.8) is 0 Å². The molecule has 0 unspecified atom stereocenters. The molecule has 2 rings (SSSR count). The molecule has 90 valence electrons. The van der Waals surface area contributed by atoms with Gasteiger partial charge in [0.25, 0.3) is 0 Å². The maximum absolute atomic E-state index is 4.19. The molecule has 0 aliphatic carbocycles. The van der Waals surface area contributed by atoms with Gasteiger partial charge in [-0.1, -0.05) is 54.6 Å². The largest absolute Gasteiger partial charge is 0.279 e. The van der Waals surface area contributed by atoms with Gasteiger partial charge in [0.15, 0.2) is 0 Å². The predicted octanol–water partition coefficient (Wildman–Crippen LogP) is 4.19. The summed E-state index contributed by atoms with van der Waals surface area (Å²) in [4.78, 5) is 0. The van der Waals surface area contributed by atoms with Crippen LogP contribution in [0, 0.1) is 0 Å². The van der Waals surface area contributed by atoms with Gasteiger partial charge < -0.3 is 0 Å². The summed E-state index contributed by atoms with van der Waals surface area (Å²) in [5.74, 6) is 0. The van der Waals surface area contributed by atoms with Crippen LogP contribution >= 0.6 is 0 Å². The van der Waals surface area contributed by atoms with Gasteiger partial charge in [0.1, 0.15) is 0 Å². The summed E-state index contributed by atoms with van der Waals surface area (Å²) in [7, 11) is 0. The van der Waals surface area contributed by atoms with Crippen molar-refractivity contribution in [1.82, 2.24) is 0 Å². The van der Waals surface area contributed by atoms with Crippen LogP contribution in [0.5, 0.6) is 0 Å². The quantitative estimate of drug-likeness (QED) is 0.624. The minimum atomic E-state index is 0.987. The van der Waals surface area contributed by atoms with Gasteiger partial charge in [0.2, 0.25) is 0 Å². The van der Waals surface area contributed by atoms with Gasteiger partial charge in [0, 0.05) is 0 Å². The fourth-order valence-corrected chi connectivity index (χ4v) is 1.57. The number of rotatable bonds is 4. The summed E-state index contributed by atoms with van der Waals surface area (Å²) >= 11 is 0. The number of hydrogen-bond donors (Lipinski definition) is 1. The highest BCUT2D eigenvalue weighted by Crippen LogP contribution is 2.06. The molecular formula is C16H16N2. The first-order valence-electron chi connectivity index (χ1n) is 5.92. The monoisotopic (exact) mass is 236 g/mol. The Labute approximate surface area is 108 Å². The third kappa shape index (κ3) is 3.91. The molecule has 0 fully saturated rings. The molecule has 1 N–H and O–H groups in total. The van der Waals surface area contributed by atoms with E-state index in [-0.39, 0.29) is 0 Å². The molecule has 0 amide bonds. The van der Waals surface area contributed by atoms with Gasteiger partial charge in [0.05, 0.1) is 11.9 Å². The number of anilines is 1. The first kappa shape index (κ1) is 12.1. The maximum Gasteiger partial charge on any atom is 0.0561 e. The molecule has 0 heterocycles. The Morgan fingerprint density at radius 3 is 2.22 bits per heavy atom. The number of benzene rings is 2. The zero-order chi connectivity index (χ0) is 12.6. The van der Waals surface area contributed by atoms with E-state index in [1.54, 1.807) is 0 Å². The number of nitrogens with one attached hydrogen (secondary N) is 1. The predicted molar refractivity (Wildman–Crippen MR) is 78.6 cm³/mol. The SMILES string of the molecule is CC(C=NNc1ccccc1)=Cc1ccccc1. The third-order valence-corrected chi connectivity index (χ3v) is 2.43. The lowest BCUT2D eigenvalue weighted by Crippen LogP contribution is -1.89. The lowest BCUT2D eigenvalue weighted by molar-refractivity contribution is 1.35. The van der Waals surface area contributed by atoms with Crippen LogP contribution in [0.1, 0.15) is 12.5 Å². The van der Waals surface area contributed by atoms with Crippen molar-refractivity contribution in [2.75, 3.05) is 5.43 Å². The minimum Gasteiger partial charge on any atom is -0.279 e. The lowest BCUT2D eigenvalue weighted by Gasteiger charge is -1.98. The molecule has 0 radical (unpaired) electrons. The Kier molecular flexibility index (Phi) is 4.31. The first-order valence-corrected chi connectivity index (χ1v) is 5.92. The third-order valence-electron chi connectivity index (χ3n) is 2.43. The van der Waals surface area contributed by atoms with Crippen molar-refractivity contribution in [3.8, 4) is 0 Å². The average molecular weight is 236 g/mol. The highest BCUT2D eigenvalue weighted by atomic mass is 15.3. The normalized spacial score (nSPS) is 11.7. The standard InChI is InChI=1S/C16H16N2/c1-14(12-15-8-4-2-5-9-15)13-17-18-16-10-6-3-7-11-16/h2-13,18H,1H3. The summed E-state index contributed by atoms with van der Waals surface area (Å²) in [5.41, 5.74) is 6.26. The van der Waals surface area contributed by atoms with Gasteiger partial charge in [-0.3, -0.25) is 5.43 Å². The summed E-state index contributed by atoms with van der Waals surface area (Å²) in [6.07, 6.45) is 3.91. The van der Waals surface area contributed by atoms with Gasteiger partial charge >= 0.3 is 0 Å². The van der Waals surface area contributed by atoms with E-state index in [0.29, 0.717) is 0 Å². The summed E-state index contributed by atoms with van der Waals surface area (Å²) in [6.45, 7) is 2.03. The van der Waals surface area contributed by atoms with Crippen molar-refractivity contribution in [1.29, 1.82) is 0 Å². The molecule has 2 nitrogen and oxygen atoms in total. The van der Waals surface area contributed by atoms with Crippen LogP contribution < -0.4 is 5.43 Å². The van der Waals surface area contributed by atoms with E-state index in [2.05, 4.69) is 28.7 Å². The molecule has 0 saturated heterocycles. The molecule has 2 aromatic carbocycles. The topological polar surface area (TPSA) is 24.4 Å². The van der Waals surface area contributed by atoms with Crippen molar-refractivity contribution < 1.29 is 0 Å². The molecule has 2 aromatic rings. The zero-order valence-electron chi connectivity index (χ0n) is 10.4. The average Bonchev–Trinajstić information content (AvgIpc) is 2.41. The van der Waals surface area contributed by atoms with Crippen molar-refractivity contribution in [2.24, 2.45) is 5.10 Å². The number of para-hydroxylation sites is 1. The summed E-state index contributed by atoms with van der Waals surface area (Å²) in [5, 5.41) is 4.19. The molecule has 0 spiro atoms. The van der Waals surface area contributed by atoms with Crippen LogP contribution in [0.25, 0.3) is 6.08 Å². The number of allylic oxidation sites excluding steroid dienone is 1. The van der Waals surface area contributed by atoms with Crippen LogP contribution in [0.15, 0.2) is 71.3 Å². The molecule has 2 heteroatoms. The van der Waals surface area contributed by atoms with Crippen LogP contribution in [0.3, 0.4) is 0 Å². The maximum atomic E-state index is 4.19. The van der Waals surface area contributed by atoms with Gasteiger partial charge in [-0.05, 0) is 30.2 Å². The summed E-state index contributed by atoms with van der Waals surface area (Å²) in [6, 6.07) is 20.1. The second kappa shape index (κ2) is 6.40. The molecule has 0 aliphatic rings. The Hall–Kier alpha value is -2.35. The Balaban J connectivity index is 1.95. The van der Waals surface area contributed by atoms with Crippen molar-refractivity contribution in [2.45, 2.75) is 6.92 Å². The van der Waals surface area contributed by atoms with Crippen LogP contribution in [-0.2, 0) is 0 Å². The molecule has 0 atom stereocenters. The van der Waals surface area contributed by atoms with E-state index < -0.39 is 0 Å². The molecule has 0 aliphatic heterocycles. The molecule has 0 saturated carbocycles. The van der Waals surface area contributed by atoms with E-state index in [1.807, 2.05) is 61.7 Å². The summed E-state index contributed by atoms with van der Waals surface area (Å²) < 4.78 is 0. The molecule has 18 heavy (non-hydrogen) atoms. The second-order valence-electron chi connectivity index (χ2n) is 4.04. The Morgan fingerprint density at radius 2 is 1.56 bits per heavy atom. The van der Waals surface area contributed by atoms with Crippen molar-refractivity contribution in [3.05, 3.63) is 71.8 Å². The molecule has 0 aromatic heterocycles.